The van der Waals surface area contributed by atoms with E-state index in [1.54, 1.807) is 6.07 Å². The van der Waals surface area contributed by atoms with Crippen LogP contribution in [0.5, 0.6) is 5.75 Å². The second kappa shape index (κ2) is 7.40. The molecule has 0 heterocycles. The Hall–Kier alpha value is -1.49. The second-order valence-corrected chi connectivity index (χ2v) is 7.37. The maximum atomic E-state index is 12.5. The van der Waals surface area contributed by atoms with Gasteiger partial charge in [0.15, 0.2) is 0 Å². The molecule has 0 saturated heterocycles. The van der Waals surface area contributed by atoms with Crippen molar-refractivity contribution in [1.29, 1.82) is 0 Å². The van der Waals surface area contributed by atoms with Crippen LogP contribution < -0.4 is 4.74 Å². The zero-order valence-electron chi connectivity index (χ0n) is 13.9. The fourth-order valence-electron chi connectivity index (χ4n) is 3.59. The average molecular weight is 413 g/mol. The Morgan fingerprint density at radius 2 is 1.80 bits per heavy atom. The number of aryl methyl sites for hydroxylation is 1. The van der Waals surface area contributed by atoms with Gasteiger partial charge in [0.05, 0.1) is 4.47 Å². The summed E-state index contributed by atoms with van der Waals surface area (Å²) in [7, 11) is 0. The molecule has 0 radical (unpaired) electrons. The van der Waals surface area contributed by atoms with Gasteiger partial charge >= 0.3 is 6.36 Å². The van der Waals surface area contributed by atoms with E-state index in [9.17, 15) is 13.2 Å². The van der Waals surface area contributed by atoms with E-state index in [1.165, 1.54) is 18.1 Å². The maximum absolute atomic E-state index is 12.5. The third kappa shape index (κ3) is 4.38. The molecule has 0 bridgehead atoms. The summed E-state index contributed by atoms with van der Waals surface area (Å²) in [6.07, 6.45) is -0.789. The highest BCUT2D eigenvalue weighted by atomic mass is 79.9. The summed E-state index contributed by atoms with van der Waals surface area (Å²) in [6.45, 7) is 1.96. The summed E-state index contributed by atoms with van der Waals surface area (Å²) >= 11 is 3.23. The van der Waals surface area contributed by atoms with Crippen LogP contribution >= 0.6 is 15.9 Å². The SMILES string of the molecule is CCc1cc(OC(F)(F)F)c(Br)cc1CC1CCC1c1ccccc1. The van der Waals surface area contributed by atoms with Gasteiger partial charge in [-0.05, 0) is 82.3 Å². The van der Waals surface area contributed by atoms with Gasteiger partial charge < -0.3 is 4.74 Å². The fourth-order valence-corrected chi connectivity index (χ4v) is 4.07. The van der Waals surface area contributed by atoms with E-state index in [0.717, 1.165) is 24.0 Å². The Morgan fingerprint density at radius 1 is 1.08 bits per heavy atom. The van der Waals surface area contributed by atoms with Crippen molar-refractivity contribution in [2.45, 2.75) is 44.9 Å². The average Bonchev–Trinajstić information content (AvgIpc) is 2.53. The molecule has 0 aromatic heterocycles. The molecule has 0 amide bonds. The minimum Gasteiger partial charge on any atom is -0.405 e. The molecule has 1 fully saturated rings. The minimum atomic E-state index is -4.68. The van der Waals surface area contributed by atoms with Gasteiger partial charge in [0.25, 0.3) is 0 Å². The second-order valence-electron chi connectivity index (χ2n) is 6.51. The topological polar surface area (TPSA) is 9.23 Å². The zero-order chi connectivity index (χ0) is 18.0. The minimum absolute atomic E-state index is 0.165. The highest BCUT2D eigenvalue weighted by Gasteiger charge is 2.34. The number of halogens is 4. The van der Waals surface area contributed by atoms with Crippen LogP contribution in [-0.4, -0.2) is 6.36 Å². The number of hydrogen-bond acceptors (Lipinski definition) is 1. The van der Waals surface area contributed by atoms with Crippen molar-refractivity contribution in [3.63, 3.8) is 0 Å². The number of alkyl halides is 3. The van der Waals surface area contributed by atoms with Crippen LogP contribution in [0.1, 0.15) is 42.4 Å². The van der Waals surface area contributed by atoms with E-state index < -0.39 is 6.36 Å². The van der Waals surface area contributed by atoms with Crippen LogP contribution in [-0.2, 0) is 12.8 Å². The third-order valence-corrected chi connectivity index (χ3v) is 5.61. The molecule has 5 heteroatoms. The number of hydrogen-bond donors (Lipinski definition) is 0. The summed E-state index contributed by atoms with van der Waals surface area (Å²) in [5, 5.41) is 0. The van der Waals surface area contributed by atoms with Gasteiger partial charge in [-0.15, -0.1) is 13.2 Å². The lowest BCUT2D eigenvalue weighted by molar-refractivity contribution is -0.274. The Kier molecular flexibility index (Phi) is 5.42. The first-order valence-corrected chi connectivity index (χ1v) is 9.28. The van der Waals surface area contributed by atoms with E-state index in [2.05, 4.69) is 44.9 Å². The van der Waals surface area contributed by atoms with Gasteiger partial charge in [-0.25, -0.2) is 0 Å². The van der Waals surface area contributed by atoms with Crippen LogP contribution in [0.3, 0.4) is 0 Å². The van der Waals surface area contributed by atoms with E-state index >= 15 is 0 Å². The first-order valence-electron chi connectivity index (χ1n) is 8.49. The molecule has 134 valence electrons. The lowest BCUT2D eigenvalue weighted by Crippen LogP contribution is -2.26. The molecule has 0 spiro atoms. The lowest BCUT2D eigenvalue weighted by atomic mass is 9.67. The number of ether oxygens (including phenoxy) is 1. The van der Waals surface area contributed by atoms with Crippen LogP contribution in [0.25, 0.3) is 0 Å². The number of benzene rings is 2. The molecule has 25 heavy (non-hydrogen) atoms. The quantitative estimate of drug-likeness (QED) is 0.534. The number of rotatable bonds is 5. The van der Waals surface area contributed by atoms with Crippen LogP contribution in [0.4, 0.5) is 13.2 Å². The Bertz CT molecular complexity index is 728. The van der Waals surface area contributed by atoms with Crippen molar-refractivity contribution in [1.82, 2.24) is 0 Å². The van der Waals surface area contributed by atoms with Crippen LogP contribution in [0, 0.1) is 5.92 Å². The van der Waals surface area contributed by atoms with E-state index in [4.69, 9.17) is 0 Å². The van der Waals surface area contributed by atoms with Gasteiger partial charge in [0.2, 0.25) is 0 Å². The highest BCUT2D eigenvalue weighted by Crippen LogP contribution is 2.45. The van der Waals surface area contributed by atoms with Crippen molar-refractivity contribution in [3.05, 3.63) is 63.6 Å². The summed E-state index contributed by atoms with van der Waals surface area (Å²) in [5.74, 6) is 0.908. The largest absolute Gasteiger partial charge is 0.573 e. The van der Waals surface area contributed by atoms with Gasteiger partial charge in [-0.2, -0.15) is 0 Å². The molecule has 2 unspecified atom stereocenters. The normalized spacial score (nSPS) is 20.2. The lowest BCUT2D eigenvalue weighted by Gasteiger charge is -2.37. The van der Waals surface area contributed by atoms with Gasteiger partial charge in [0, 0.05) is 0 Å². The monoisotopic (exact) mass is 412 g/mol. The van der Waals surface area contributed by atoms with Crippen molar-refractivity contribution in [3.8, 4) is 5.75 Å². The molecular formula is C20H20BrF3O. The first-order chi connectivity index (χ1) is 11.9. The summed E-state index contributed by atoms with van der Waals surface area (Å²) < 4.78 is 42.1. The van der Waals surface area contributed by atoms with Crippen molar-refractivity contribution >= 4 is 15.9 Å². The molecule has 1 saturated carbocycles. The first kappa shape index (κ1) is 18.3. The third-order valence-electron chi connectivity index (χ3n) is 4.99. The molecule has 3 rings (SSSR count). The standard InChI is InChI=1S/C20H20BrF3O/c1-2-13-12-19(25-20(22,23)24)18(21)11-16(13)10-15-8-9-17(15)14-6-4-3-5-7-14/h3-7,11-12,15,17H,2,8-10H2,1H3. The zero-order valence-corrected chi connectivity index (χ0v) is 15.5. The van der Waals surface area contributed by atoms with Crippen molar-refractivity contribution in [2.75, 3.05) is 0 Å². The molecule has 0 aliphatic heterocycles. The summed E-state index contributed by atoms with van der Waals surface area (Å²) in [4.78, 5) is 0. The summed E-state index contributed by atoms with van der Waals surface area (Å²) in [6, 6.07) is 13.8. The van der Waals surface area contributed by atoms with E-state index in [0.29, 0.717) is 22.7 Å². The smallest absolute Gasteiger partial charge is 0.405 e. The molecule has 2 aromatic rings. The Morgan fingerprint density at radius 3 is 2.36 bits per heavy atom. The van der Waals surface area contributed by atoms with Crippen molar-refractivity contribution < 1.29 is 17.9 Å². The Labute approximate surface area is 154 Å². The van der Waals surface area contributed by atoms with Gasteiger partial charge in [-0.1, -0.05) is 37.3 Å². The van der Waals surface area contributed by atoms with E-state index in [1.807, 2.05) is 13.0 Å². The van der Waals surface area contributed by atoms with Crippen molar-refractivity contribution in [2.24, 2.45) is 5.92 Å². The van der Waals surface area contributed by atoms with E-state index in [-0.39, 0.29) is 5.75 Å². The molecule has 0 N–H and O–H groups in total. The predicted octanol–water partition coefficient (Wildman–Crippen LogP) is 6.65. The molecule has 2 aromatic carbocycles. The predicted molar refractivity (Wildman–Crippen MR) is 95.8 cm³/mol. The Balaban J connectivity index is 1.79. The molecule has 1 aliphatic rings. The highest BCUT2D eigenvalue weighted by molar-refractivity contribution is 9.10. The van der Waals surface area contributed by atoms with Crippen LogP contribution in [0.15, 0.2) is 46.9 Å². The molecule has 1 aliphatic carbocycles. The fraction of sp³-hybridized carbons (Fsp3) is 0.400. The van der Waals surface area contributed by atoms with Gasteiger partial charge in [0.1, 0.15) is 5.75 Å². The molecule has 2 atom stereocenters. The van der Waals surface area contributed by atoms with Crippen LogP contribution in [0.2, 0.25) is 0 Å². The molecule has 1 nitrogen and oxygen atoms in total. The summed E-state index contributed by atoms with van der Waals surface area (Å²) in [5.41, 5.74) is 3.38. The maximum Gasteiger partial charge on any atom is 0.573 e. The van der Waals surface area contributed by atoms with Gasteiger partial charge in [-0.3, -0.25) is 0 Å². The molecular weight excluding hydrogens is 393 g/mol.